The highest BCUT2D eigenvalue weighted by molar-refractivity contribution is 6.30. The lowest BCUT2D eigenvalue weighted by atomic mass is 9.93. The van der Waals surface area contributed by atoms with Crippen LogP contribution in [0.5, 0.6) is 0 Å². The molecule has 0 bridgehead atoms. The van der Waals surface area contributed by atoms with Gasteiger partial charge in [-0.2, -0.15) is 0 Å². The second-order valence-electron chi connectivity index (χ2n) is 7.24. The summed E-state index contributed by atoms with van der Waals surface area (Å²) in [5.74, 6) is -3.33. The van der Waals surface area contributed by atoms with E-state index in [0.29, 0.717) is 16.8 Å². The number of carbonyl (C=O) groups excluding carboxylic acids is 1. The molecule has 0 fully saturated rings. The van der Waals surface area contributed by atoms with Gasteiger partial charge in [0.15, 0.2) is 17.4 Å². The number of Topliss-reactive ketones (excluding diaryl/α,β-unsaturated/α-hetero) is 1. The van der Waals surface area contributed by atoms with Gasteiger partial charge in [-0.15, -0.1) is 0 Å². The molecule has 0 atom stereocenters. The number of ketones is 1. The Hall–Kier alpha value is -2.18. The van der Waals surface area contributed by atoms with E-state index in [0.717, 1.165) is 12.1 Å². The van der Waals surface area contributed by atoms with Gasteiger partial charge in [0.25, 0.3) is 0 Å². The summed E-state index contributed by atoms with van der Waals surface area (Å²) < 4.78 is 41.4. The zero-order valence-electron chi connectivity index (χ0n) is 14.7. The molecule has 0 aliphatic carbocycles. The first-order valence-electron chi connectivity index (χ1n) is 8.32. The number of hydrogen-bond donors (Lipinski definition) is 1. The van der Waals surface area contributed by atoms with Crippen LogP contribution in [-0.2, 0) is 12.8 Å². The van der Waals surface area contributed by atoms with Crippen LogP contribution in [0.4, 0.5) is 18.9 Å². The Balaban J connectivity index is 1.93. The molecule has 7 heteroatoms. The molecule has 0 spiro atoms. The largest absolute Gasteiger partial charge is 0.390 e. The molecule has 1 heterocycles. The predicted octanol–water partition coefficient (Wildman–Crippen LogP) is 4.97. The van der Waals surface area contributed by atoms with E-state index in [-0.39, 0.29) is 35.5 Å². The van der Waals surface area contributed by atoms with Crippen molar-refractivity contribution in [2.75, 3.05) is 0 Å². The molecule has 2 aromatic rings. The van der Waals surface area contributed by atoms with Crippen molar-refractivity contribution < 1.29 is 23.1 Å². The lowest BCUT2D eigenvalue weighted by Crippen LogP contribution is -2.23. The van der Waals surface area contributed by atoms with Gasteiger partial charge < -0.3 is 5.11 Å². The number of halogens is 4. The normalized spacial score (nSPS) is 13.5. The summed E-state index contributed by atoms with van der Waals surface area (Å²) in [7, 11) is 0. The van der Waals surface area contributed by atoms with E-state index < -0.39 is 28.8 Å². The zero-order chi connectivity index (χ0) is 19.9. The van der Waals surface area contributed by atoms with Crippen molar-refractivity contribution in [1.29, 1.82) is 0 Å². The van der Waals surface area contributed by atoms with Crippen LogP contribution >= 0.6 is 11.6 Å². The lowest BCUT2D eigenvalue weighted by Gasteiger charge is -2.16. The van der Waals surface area contributed by atoms with Crippen LogP contribution in [0.15, 0.2) is 29.3 Å². The van der Waals surface area contributed by atoms with Gasteiger partial charge in [-0.1, -0.05) is 17.7 Å². The number of aliphatic imine (C=N–C) groups is 1. The summed E-state index contributed by atoms with van der Waals surface area (Å²) in [6.07, 6.45) is 0.185. The molecule has 1 N–H and O–H groups in total. The van der Waals surface area contributed by atoms with Crippen LogP contribution in [0.1, 0.15) is 41.8 Å². The standard InChI is InChI=1S/C20H17ClF3NO2/c1-20(2,27)9-11-7-13-12(8-16(23)18(24)19(13)25-11)17(26)6-10-3-4-15(22)14(21)5-10/h3-5,8,27H,6-7,9H2,1-2H3. The summed E-state index contributed by atoms with van der Waals surface area (Å²) in [4.78, 5) is 16.8. The Morgan fingerprint density at radius 1 is 1.22 bits per heavy atom. The van der Waals surface area contributed by atoms with E-state index in [9.17, 15) is 23.1 Å². The molecule has 0 saturated carbocycles. The Labute approximate surface area is 159 Å². The number of carbonyl (C=O) groups is 1. The van der Waals surface area contributed by atoms with Crippen LogP contribution in [0.2, 0.25) is 5.02 Å². The molecule has 1 aliphatic rings. The van der Waals surface area contributed by atoms with Gasteiger partial charge in [0.05, 0.1) is 10.6 Å². The van der Waals surface area contributed by atoms with E-state index in [1.54, 1.807) is 13.8 Å². The molecule has 0 saturated heterocycles. The molecular weight excluding hydrogens is 379 g/mol. The van der Waals surface area contributed by atoms with E-state index in [1.807, 2.05) is 0 Å². The number of hydrogen-bond acceptors (Lipinski definition) is 3. The molecule has 142 valence electrons. The average molecular weight is 396 g/mol. The zero-order valence-corrected chi connectivity index (χ0v) is 15.5. The highest BCUT2D eigenvalue weighted by atomic mass is 35.5. The highest BCUT2D eigenvalue weighted by Gasteiger charge is 2.29. The summed E-state index contributed by atoms with van der Waals surface area (Å²) in [5.41, 5.74) is -0.00777. The number of benzene rings is 2. The quantitative estimate of drug-likeness (QED) is 0.726. The first kappa shape index (κ1) is 19.6. The molecule has 27 heavy (non-hydrogen) atoms. The Bertz CT molecular complexity index is 965. The molecule has 0 amide bonds. The third-order valence-electron chi connectivity index (χ3n) is 4.24. The van der Waals surface area contributed by atoms with Crippen LogP contribution in [0, 0.1) is 17.5 Å². The minimum Gasteiger partial charge on any atom is -0.390 e. The maximum absolute atomic E-state index is 14.2. The van der Waals surface area contributed by atoms with E-state index >= 15 is 0 Å². The van der Waals surface area contributed by atoms with E-state index in [1.165, 1.54) is 12.1 Å². The van der Waals surface area contributed by atoms with Crippen molar-refractivity contribution in [3.63, 3.8) is 0 Å². The predicted molar refractivity (Wildman–Crippen MR) is 97.5 cm³/mol. The van der Waals surface area contributed by atoms with Gasteiger partial charge in [0, 0.05) is 30.5 Å². The molecule has 1 aliphatic heterocycles. The second kappa shape index (κ2) is 7.09. The molecule has 0 radical (unpaired) electrons. The molecular formula is C20H17ClF3NO2. The van der Waals surface area contributed by atoms with Crippen LogP contribution in [0.25, 0.3) is 0 Å². The fraction of sp³-hybridized carbons (Fsp3) is 0.300. The first-order chi connectivity index (χ1) is 12.5. The first-order valence-corrected chi connectivity index (χ1v) is 8.70. The van der Waals surface area contributed by atoms with E-state index in [2.05, 4.69) is 4.99 Å². The minimum absolute atomic E-state index is 0.0267. The maximum atomic E-state index is 14.2. The van der Waals surface area contributed by atoms with Gasteiger partial charge in [0.1, 0.15) is 11.5 Å². The van der Waals surface area contributed by atoms with Gasteiger partial charge in [-0.25, -0.2) is 13.2 Å². The summed E-state index contributed by atoms with van der Waals surface area (Å²) >= 11 is 5.73. The van der Waals surface area contributed by atoms with Crippen molar-refractivity contribution in [1.82, 2.24) is 0 Å². The Morgan fingerprint density at radius 3 is 2.56 bits per heavy atom. The fourth-order valence-electron chi connectivity index (χ4n) is 3.13. The van der Waals surface area contributed by atoms with Crippen LogP contribution in [0.3, 0.4) is 0 Å². The highest BCUT2D eigenvalue weighted by Crippen LogP contribution is 2.36. The second-order valence-corrected chi connectivity index (χ2v) is 7.65. The molecule has 0 aromatic heterocycles. The fourth-order valence-corrected chi connectivity index (χ4v) is 3.33. The van der Waals surface area contributed by atoms with Crippen molar-refractivity contribution in [3.8, 4) is 0 Å². The average Bonchev–Trinajstić information content (AvgIpc) is 2.96. The Morgan fingerprint density at radius 2 is 1.93 bits per heavy atom. The Kier molecular flexibility index (Phi) is 5.14. The monoisotopic (exact) mass is 395 g/mol. The van der Waals surface area contributed by atoms with Gasteiger partial charge in [-0.3, -0.25) is 9.79 Å². The molecule has 2 aromatic carbocycles. The van der Waals surface area contributed by atoms with Crippen molar-refractivity contribution in [2.24, 2.45) is 4.99 Å². The summed E-state index contributed by atoms with van der Waals surface area (Å²) in [6, 6.07) is 4.75. The topological polar surface area (TPSA) is 49.7 Å². The van der Waals surface area contributed by atoms with Gasteiger partial charge in [-0.05, 0) is 43.2 Å². The summed E-state index contributed by atoms with van der Waals surface area (Å²) in [6.45, 7) is 3.17. The number of aliphatic hydroxyl groups is 1. The van der Waals surface area contributed by atoms with Gasteiger partial charge in [0.2, 0.25) is 0 Å². The third kappa shape index (κ3) is 4.22. The number of fused-ring (bicyclic) bond motifs is 1. The number of rotatable bonds is 5. The minimum atomic E-state index is -1.16. The van der Waals surface area contributed by atoms with Crippen molar-refractivity contribution in [3.05, 3.63) is 63.4 Å². The van der Waals surface area contributed by atoms with Crippen LogP contribution < -0.4 is 0 Å². The van der Waals surface area contributed by atoms with Crippen molar-refractivity contribution in [2.45, 2.75) is 38.7 Å². The van der Waals surface area contributed by atoms with Crippen molar-refractivity contribution >= 4 is 28.8 Å². The van der Waals surface area contributed by atoms with Crippen LogP contribution in [-0.4, -0.2) is 22.2 Å². The van der Waals surface area contributed by atoms with E-state index in [4.69, 9.17) is 11.6 Å². The third-order valence-corrected chi connectivity index (χ3v) is 4.53. The smallest absolute Gasteiger partial charge is 0.184 e. The molecule has 3 nitrogen and oxygen atoms in total. The lowest BCUT2D eigenvalue weighted by molar-refractivity contribution is 0.0883. The summed E-state index contributed by atoms with van der Waals surface area (Å²) in [5, 5.41) is 9.83. The number of nitrogens with zero attached hydrogens (tertiary/aromatic N) is 1. The maximum Gasteiger partial charge on any atom is 0.184 e. The SMILES string of the molecule is CC(C)(O)CC1=Nc2c(F)c(F)cc(C(=O)Cc3ccc(F)c(Cl)c3)c2C1. The molecule has 3 rings (SSSR count). The molecule has 0 unspecified atom stereocenters. The van der Waals surface area contributed by atoms with Gasteiger partial charge >= 0.3 is 0 Å².